The summed E-state index contributed by atoms with van der Waals surface area (Å²) in [6.07, 6.45) is 0.816. The van der Waals surface area contributed by atoms with E-state index in [2.05, 4.69) is 11.3 Å². The summed E-state index contributed by atoms with van der Waals surface area (Å²) < 4.78 is 25.0. The van der Waals surface area contributed by atoms with Crippen LogP contribution < -0.4 is 4.72 Å². The maximum Gasteiger partial charge on any atom is 0.263 e. The topological polar surface area (TPSA) is 66.5 Å². The molecule has 1 aromatic heterocycles. The number of nitrogens with one attached hydrogen (secondary N) is 1. The predicted octanol–water partition coefficient (Wildman–Crippen LogP) is 1.27. The Morgan fingerprint density at radius 3 is 3.05 bits per heavy atom. The van der Waals surface area contributed by atoms with Crippen molar-refractivity contribution < 1.29 is 13.2 Å². The van der Waals surface area contributed by atoms with Gasteiger partial charge in [0.15, 0.2) is 0 Å². The SMILES string of the molecule is C=CS(=O)(=O)NCC1CCN(C(=O)c2cccs2)C1. The molecule has 1 N–H and O–H groups in total. The Bertz CT molecular complexity index is 552. The molecule has 0 saturated carbocycles. The zero-order chi connectivity index (χ0) is 13.9. The lowest BCUT2D eigenvalue weighted by Gasteiger charge is -2.15. The molecule has 1 amide bonds. The number of nitrogens with zero attached hydrogens (tertiary/aromatic N) is 1. The highest BCUT2D eigenvalue weighted by molar-refractivity contribution is 7.92. The Morgan fingerprint density at radius 2 is 2.42 bits per heavy atom. The van der Waals surface area contributed by atoms with E-state index in [1.165, 1.54) is 11.3 Å². The van der Waals surface area contributed by atoms with Crippen LogP contribution in [0.1, 0.15) is 16.1 Å². The molecule has 1 fully saturated rings. The number of thiophene rings is 1. The van der Waals surface area contributed by atoms with Gasteiger partial charge < -0.3 is 4.90 Å². The fourth-order valence-corrected chi connectivity index (χ4v) is 3.31. The van der Waals surface area contributed by atoms with E-state index in [-0.39, 0.29) is 11.8 Å². The van der Waals surface area contributed by atoms with Crippen molar-refractivity contribution in [1.82, 2.24) is 9.62 Å². The van der Waals surface area contributed by atoms with Crippen LogP contribution in [0.15, 0.2) is 29.5 Å². The number of rotatable bonds is 5. The van der Waals surface area contributed by atoms with Crippen molar-refractivity contribution in [2.24, 2.45) is 5.92 Å². The van der Waals surface area contributed by atoms with Crippen molar-refractivity contribution in [2.75, 3.05) is 19.6 Å². The standard InChI is InChI=1S/C12H16N2O3S2/c1-2-19(16,17)13-8-10-5-6-14(9-10)12(15)11-4-3-7-18-11/h2-4,7,10,13H,1,5-6,8-9H2. The molecule has 104 valence electrons. The molecule has 0 aliphatic carbocycles. The molecule has 1 saturated heterocycles. The van der Waals surface area contributed by atoms with Crippen molar-refractivity contribution in [3.05, 3.63) is 34.4 Å². The van der Waals surface area contributed by atoms with Crippen molar-refractivity contribution in [2.45, 2.75) is 6.42 Å². The van der Waals surface area contributed by atoms with Gasteiger partial charge in [-0.15, -0.1) is 11.3 Å². The minimum absolute atomic E-state index is 0.0316. The molecule has 0 radical (unpaired) electrons. The number of amides is 1. The molecule has 1 aliphatic heterocycles. The lowest BCUT2D eigenvalue weighted by molar-refractivity contribution is 0.0792. The Kier molecular flexibility index (Phi) is 4.38. The molecule has 0 aromatic carbocycles. The van der Waals surface area contributed by atoms with Crippen molar-refractivity contribution >= 4 is 27.3 Å². The van der Waals surface area contributed by atoms with Crippen molar-refractivity contribution in [1.29, 1.82) is 0 Å². The maximum atomic E-state index is 12.1. The average molecular weight is 300 g/mol. The van der Waals surface area contributed by atoms with Gasteiger partial charge in [0.05, 0.1) is 4.88 Å². The highest BCUT2D eigenvalue weighted by Gasteiger charge is 2.27. The van der Waals surface area contributed by atoms with E-state index in [4.69, 9.17) is 0 Å². The van der Waals surface area contributed by atoms with Crippen LogP contribution in [-0.4, -0.2) is 38.9 Å². The number of sulfonamides is 1. The zero-order valence-corrected chi connectivity index (χ0v) is 12.0. The Hall–Kier alpha value is -1.18. The van der Waals surface area contributed by atoms with E-state index in [1.807, 2.05) is 11.4 Å². The van der Waals surface area contributed by atoms with E-state index in [9.17, 15) is 13.2 Å². The van der Waals surface area contributed by atoms with Crippen LogP contribution in [0.4, 0.5) is 0 Å². The summed E-state index contributed by atoms with van der Waals surface area (Å²) in [7, 11) is -3.38. The monoisotopic (exact) mass is 300 g/mol. The fourth-order valence-electron chi connectivity index (χ4n) is 2.03. The summed E-state index contributed by atoms with van der Waals surface area (Å²) in [4.78, 5) is 14.6. The average Bonchev–Trinajstić information content (AvgIpc) is 3.07. The normalized spacial score (nSPS) is 19.6. The van der Waals surface area contributed by atoms with Gasteiger partial charge in [0.25, 0.3) is 5.91 Å². The Morgan fingerprint density at radius 1 is 1.63 bits per heavy atom. The number of hydrogen-bond donors (Lipinski definition) is 1. The van der Waals surface area contributed by atoms with E-state index < -0.39 is 10.0 Å². The van der Waals surface area contributed by atoms with E-state index in [1.54, 1.807) is 11.0 Å². The molecule has 1 unspecified atom stereocenters. The van der Waals surface area contributed by atoms with Gasteiger partial charge in [-0.3, -0.25) is 4.79 Å². The van der Waals surface area contributed by atoms with E-state index in [0.29, 0.717) is 19.6 Å². The van der Waals surface area contributed by atoms with Gasteiger partial charge in [0.1, 0.15) is 0 Å². The third-order valence-electron chi connectivity index (χ3n) is 3.10. The second kappa shape index (κ2) is 5.85. The van der Waals surface area contributed by atoms with Crippen LogP contribution in [0.5, 0.6) is 0 Å². The first-order valence-electron chi connectivity index (χ1n) is 5.97. The molecule has 19 heavy (non-hydrogen) atoms. The second-order valence-electron chi connectivity index (χ2n) is 4.44. The van der Waals surface area contributed by atoms with E-state index in [0.717, 1.165) is 16.7 Å². The fraction of sp³-hybridized carbons (Fsp3) is 0.417. The highest BCUT2D eigenvalue weighted by atomic mass is 32.2. The van der Waals surface area contributed by atoms with Gasteiger partial charge in [-0.25, -0.2) is 13.1 Å². The van der Waals surface area contributed by atoms with Gasteiger partial charge in [-0.2, -0.15) is 0 Å². The molecule has 0 bridgehead atoms. The van der Waals surface area contributed by atoms with Crippen LogP contribution in [0.2, 0.25) is 0 Å². The summed E-state index contributed by atoms with van der Waals surface area (Å²) in [6.45, 7) is 4.86. The molecule has 0 spiro atoms. The van der Waals surface area contributed by atoms with Gasteiger partial charge in [-0.1, -0.05) is 12.6 Å². The molecular formula is C12H16N2O3S2. The third kappa shape index (κ3) is 3.65. The zero-order valence-electron chi connectivity index (χ0n) is 10.4. The summed E-state index contributed by atoms with van der Waals surface area (Å²) in [5.74, 6) is 0.197. The van der Waals surface area contributed by atoms with Gasteiger partial charge in [0, 0.05) is 25.0 Å². The lowest BCUT2D eigenvalue weighted by Crippen LogP contribution is -2.32. The van der Waals surface area contributed by atoms with Gasteiger partial charge in [-0.05, 0) is 23.8 Å². The van der Waals surface area contributed by atoms with Crippen LogP contribution in [0.3, 0.4) is 0 Å². The smallest absolute Gasteiger partial charge is 0.263 e. The second-order valence-corrected chi connectivity index (χ2v) is 7.10. The summed E-state index contributed by atoms with van der Waals surface area (Å²) >= 11 is 1.42. The van der Waals surface area contributed by atoms with Crippen molar-refractivity contribution in [3.8, 4) is 0 Å². The van der Waals surface area contributed by atoms with Crippen LogP contribution in [-0.2, 0) is 10.0 Å². The molecule has 1 aliphatic rings. The molecule has 2 heterocycles. The van der Waals surface area contributed by atoms with Crippen LogP contribution in [0, 0.1) is 5.92 Å². The highest BCUT2D eigenvalue weighted by Crippen LogP contribution is 2.20. The molecule has 2 rings (SSSR count). The van der Waals surface area contributed by atoms with Gasteiger partial charge >= 0.3 is 0 Å². The number of carbonyl (C=O) groups excluding carboxylic acids is 1. The first-order valence-corrected chi connectivity index (χ1v) is 8.39. The number of carbonyl (C=O) groups is 1. The predicted molar refractivity (Wildman–Crippen MR) is 75.4 cm³/mol. The Balaban J connectivity index is 1.87. The molecular weight excluding hydrogens is 284 g/mol. The molecule has 7 heteroatoms. The van der Waals surface area contributed by atoms with Crippen LogP contribution >= 0.6 is 11.3 Å². The van der Waals surface area contributed by atoms with Crippen LogP contribution in [0.25, 0.3) is 0 Å². The first kappa shape index (κ1) is 14.2. The molecule has 1 aromatic rings. The van der Waals surface area contributed by atoms with Gasteiger partial charge in [0.2, 0.25) is 10.0 Å². The summed E-state index contributed by atoms with van der Waals surface area (Å²) in [5, 5.41) is 2.77. The quantitative estimate of drug-likeness (QED) is 0.890. The largest absolute Gasteiger partial charge is 0.338 e. The van der Waals surface area contributed by atoms with Crippen molar-refractivity contribution in [3.63, 3.8) is 0 Å². The third-order valence-corrected chi connectivity index (χ3v) is 4.96. The molecule has 5 nitrogen and oxygen atoms in total. The first-order chi connectivity index (χ1) is 9.02. The molecule has 1 atom stereocenters. The van der Waals surface area contributed by atoms with E-state index >= 15 is 0 Å². The summed E-state index contributed by atoms with van der Waals surface area (Å²) in [6, 6.07) is 3.66. The minimum atomic E-state index is -3.38. The lowest BCUT2D eigenvalue weighted by atomic mass is 10.1. The number of hydrogen-bond acceptors (Lipinski definition) is 4. The minimum Gasteiger partial charge on any atom is -0.338 e. The summed E-state index contributed by atoms with van der Waals surface area (Å²) in [5.41, 5.74) is 0. The Labute approximate surface area is 117 Å². The number of likely N-dealkylation sites (tertiary alicyclic amines) is 1. The maximum absolute atomic E-state index is 12.1.